The number of nitrogens with zero attached hydrogens (tertiary/aromatic N) is 2. The molecule has 1 aliphatic rings. The molecule has 0 radical (unpaired) electrons. The zero-order valence-electron chi connectivity index (χ0n) is 19.8. The van der Waals surface area contributed by atoms with Crippen molar-refractivity contribution in [2.75, 3.05) is 24.5 Å². The third-order valence-electron chi connectivity index (χ3n) is 6.77. The maximum Gasteiger partial charge on any atom is 0.242 e. The lowest BCUT2D eigenvalue weighted by molar-refractivity contribution is -0.130. The normalized spacial score (nSPS) is 15.0. The topological polar surface area (TPSA) is 23.6 Å². The molecule has 3 aromatic rings. The average Bonchev–Trinajstić information content (AvgIpc) is 2.87. The van der Waals surface area contributed by atoms with Crippen LogP contribution in [0.25, 0.3) is 0 Å². The second-order valence-electron chi connectivity index (χ2n) is 9.22. The molecule has 0 saturated heterocycles. The van der Waals surface area contributed by atoms with Gasteiger partial charge in [0.2, 0.25) is 5.91 Å². The Kier molecular flexibility index (Phi) is 8.19. The van der Waals surface area contributed by atoms with E-state index in [1.165, 1.54) is 29.5 Å². The summed E-state index contributed by atoms with van der Waals surface area (Å²) in [6, 6.07) is 29.6. The zero-order chi connectivity index (χ0) is 22.9. The molecule has 1 amide bonds. The summed E-state index contributed by atoms with van der Waals surface area (Å²) in [4.78, 5) is 17.8. The van der Waals surface area contributed by atoms with Gasteiger partial charge in [0.15, 0.2) is 0 Å². The SMILES string of the molecule is CCCN(CCC1CCc2ccccc2C1)C(=O)CN(Cc1ccccc1)c1ccccc1. The molecule has 3 nitrogen and oxygen atoms in total. The Hall–Kier alpha value is -3.07. The van der Waals surface area contributed by atoms with Gasteiger partial charge in [-0.05, 0) is 66.8 Å². The largest absolute Gasteiger partial charge is 0.358 e. The van der Waals surface area contributed by atoms with Crippen molar-refractivity contribution in [1.82, 2.24) is 4.90 Å². The summed E-state index contributed by atoms with van der Waals surface area (Å²) in [5.41, 5.74) is 5.32. The lowest BCUT2D eigenvalue weighted by Gasteiger charge is -2.31. The van der Waals surface area contributed by atoms with Gasteiger partial charge in [-0.1, -0.05) is 79.7 Å². The molecule has 1 unspecified atom stereocenters. The molecular formula is C30H36N2O. The molecule has 0 bridgehead atoms. The van der Waals surface area contributed by atoms with Crippen molar-refractivity contribution in [3.63, 3.8) is 0 Å². The van der Waals surface area contributed by atoms with Crippen molar-refractivity contribution < 1.29 is 4.79 Å². The molecule has 0 aromatic heterocycles. The van der Waals surface area contributed by atoms with E-state index in [0.717, 1.165) is 44.6 Å². The maximum atomic E-state index is 13.5. The second-order valence-corrected chi connectivity index (χ2v) is 9.22. The number of aryl methyl sites for hydroxylation is 1. The summed E-state index contributed by atoms with van der Waals surface area (Å²) in [6.07, 6.45) is 5.62. The van der Waals surface area contributed by atoms with Crippen LogP contribution in [0.3, 0.4) is 0 Å². The van der Waals surface area contributed by atoms with Crippen LogP contribution in [0, 0.1) is 5.92 Å². The number of carbonyl (C=O) groups is 1. The first-order valence-corrected chi connectivity index (χ1v) is 12.4. The second kappa shape index (κ2) is 11.7. The van der Waals surface area contributed by atoms with E-state index in [1.807, 2.05) is 24.3 Å². The number of benzene rings is 3. The Labute approximate surface area is 199 Å². The molecule has 4 rings (SSSR count). The molecule has 3 heteroatoms. The smallest absolute Gasteiger partial charge is 0.242 e. The first-order chi connectivity index (χ1) is 16.2. The van der Waals surface area contributed by atoms with Gasteiger partial charge in [-0.25, -0.2) is 0 Å². The summed E-state index contributed by atoms with van der Waals surface area (Å²) in [5, 5.41) is 0. The van der Waals surface area contributed by atoms with Crippen molar-refractivity contribution in [2.24, 2.45) is 5.92 Å². The molecular weight excluding hydrogens is 404 g/mol. The number of amides is 1. The van der Waals surface area contributed by atoms with E-state index in [4.69, 9.17) is 0 Å². The van der Waals surface area contributed by atoms with E-state index < -0.39 is 0 Å². The monoisotopic (exact) mass is 440 g/mol. The van der Waals surface area contributed by atoms with Crippen LogP contribution in [-0.2, 0) is 24.2 Å². The van der Waals surface area contributed by atoms with Crippen LogP contribution in [0.2, 0.25) is 0 Å². The third-order valence-corrected chi connectivity index (χ3v) is 6.77. The fraction of sp³-hybridized carbons (Fsp3) is 0.367. The summed E-state index contributed by atoms with van der Waals surface area (Å²) in [7, 11) is 0. The minimum Gasteiger partial charge on any atom is -0.358 e. The number of anilines is 1. The van der Waals surface area contributed by atoms with E-state index in [0.29, 0.717) is 12.5 Å². The number of para-hydroxylation sites is 1. The van der Waals surface area contributed by atoms with Gasteiger partial charge in [-0.15, -0.1) is 0 Å². The maximum absolute atomic E-state index is 13.5. The summed E-state index contributed by atoms with van der Waals surface area (Å²) in [6.45, 7) is 4.99. The lowest BCUT2D eigenvalue weighted by atomic mass is 9.82. The fourth-order valence-electron chi connectivity index (χ4n) is 4.93. The van der Waals surface area contributed by atoms with Crippen LogP contribution in [-0.4, -0.2) is 30.4 Å². The quantitative estimate of drug-likeness (QED) is 0.379. The van der Waals surface area contributed by atoms with Crippen LogP contribution >= 0.6 is 0 Å². The first kappa shape index (κ1) is 23.1. The van der Waals surface area contributed by atoms with Gasteiger partial charge in [0.05, 0.1) is 6.54 Å². The molecule has 3 aromatic carbocycles. The summed E-state index contributed by atoms with van der Waals surface area (Å²) < 4.78 is 0. The van der Waals surface area contributed by atoms with Crippen molar-refractivity contribution in [3.8, 4) is 0 Å². The van der Waals surface area contributed by atoms with Crippen LogP contribution < -0.4 is 4.90 Å². The molecule has 1 atom stereocenters. The third kappa shape index (κ3) is 6.47. The van der Waals surface area contributed by atoms with E-state index in [1.54, 1.807) is 0 Å². The van der Waals surface area contributed by atoms with E-state index >= 15 is 0 Å². The van der Waals surface area contributed by atoms with E-state index in [-0.39, 0.29) is 5.91 Å². The number of hydrogen-bond donors (Lipinski definition) is 0. The van der Waals surface area contributed by atoms with E-state index in [9.17, 15) is 4.79 Å². The van der Waals surface area contributed by atoms with Crippen LogP contribution in [0.5, 0.6) is 0 Å². The minimum absolute atomic E-state index is 0.229. The summed E-state index contributed by atoms with van der Waals surface area (Å²) in [5.74, 6) is 0.898. The van der Waals surface area contributed by atoms with Crippen LogP contribution in [0.15, 0.2) is 84.9 Å². The van der Waals surface area contributed by atoms with Crippen molar-refractivity contribution in [2.45, 2.75) is 45.6 Å². The lowest BCUT2D eigenvalue weighted by Crippen LogP contribution is -2.41. The Balaban J connectivity index is 1.40. The minimum atomic E-state index is 0.229. The molecule has 0 aliphatic heterocycles. The predicted octanol–water partition coefficient (Wildman–Crippen LogP) is 6.13. The van der Waals surface area contributed by atoms with Crippen LogP contribution in [0.4, 0.5) is 5.69 Å². The Morgan fingerprint density at radius 3 is 2.24 bits per heavy atom. The number of fused-ring (bicyclic) bond motifs is 1. The van der Waals surface area contributed by atoms with Gasteiger partial charge in [-0.3, -0.25) is 4.79 Å². The Morgan fingerprint density at radius 2 is 1.52 bits per heavy atom. The van der Waals surface area contributed by atoms with Gasteiger partial charge in [-0.2, -0.15) is 0 Å². The number of hydrogen-bond acceptors (Lipinski definition) is 2. The molecule has 0 fully saturated rings. The van der Waals surface area contributed by atoms with Crippen molar-refractivity contribution in [3.05, 3.63) is 102 Å². The van der Waals surface area contributed by atoms with Gasteiger partial charge >= 0.3 is 0 Å². The Bertz CT molecular complexity index is 1000. The molecule has 172 valence electrons. The van der Waals surface area contributed by atoms with Crippen LogP contribution in [0.1, 0.15) is 42.9 Å². The van der Waals surface area contributed by atoms with Gasteiger partial charge in [0, 0.05) is 25.3 Å². The highest BCUT2D eigenvalue weighted by molar-refractivity contribution is 5.81. The molecule has 1 aliphatic carbocycles. The summed E-state index contributed by atoms with van der Waals surface area (Å²) >= 11 is 0. The molecule has 0 heterocycles. The highest BCUT2D eigenvalue weighted by atomic mass is 16.2. The van der Waals surface area contributed by atoms with Gasteiger partial charge < -0.3 is 9.80 Å². The predicted molar refractivity (Wildman–Crippen MR) is 137 cm³/mol. The van der Waals surface area contributed by atoms with Gasteiger partial charge in [0.25, 0.3) is 0 Å². The molecule has 0 spiro atoms. The van der Waals surface area contributed by atoms with Crippen molar-refractivity contribution >= 4 is 11.6 Å². The fourth-order valence-corrected chi connectivity index (χ4v) is 4.93. The van der Waals surface area contributed by atoms with Gasteiger partial charge in [0.1, 0.15) is 0 Å². The number of rotatable bonds is 10. The average molecular weight is 441 g/mol. The highest BCUT2D eigenvalue weighted by Crippen LogP contribution is 2.27. The standard InChI is InChI=1S/C30H36N2O/c1-2-20-31(21-19-25-17-18-27-13-9-10-14-28(27)22-25)30(33)24-32(29-15-7-4-8-16-29)23-26-11-5-3-6-12-26/h3-16,25H,2,17-24H2,1H3. The first-order valence-electron chi connectivity index (χ1n) is 12.4. The van der Waals surface area contributed by atoms with E-state index in [2.05, 4.69) is 77.4 Å². The number of carbonyl (C=O) groups excluding carboxylic acids is 1. The Morgan fingerprint density at radius 1 is 0.848 bits per heavy atom. The molecule has 0 saturated carbocycles. The molecule has 0 N–H and O–H groups in total. The zero-order valence-corrected chi connectivity index (χ0v) is 19.8. The highest BCUT2D eigenvalue weighted by Gasteiger charge is 2.22. The molecule has 33 heavy (non-hydrogen) atoms. The van der Waals surface area contributed by atoms with Crippen molar-refractivity contribution in [1.29, 1.82) is 0 Å².